The molecule has 0 aliphatic rings. The van der Waals surface area contributed by atoms with Gasteiger partial charge in [0.1, 0.15) is 5.75 Å². The topological polar surface area (TPSA) is 67.6 Å². The van der Waals surface area contributed by atoms with Gasteiger partial charge in [-0.15, -0.1) is 0 Å². The van der Waals surface area contributed by atoms with E-state index in [0.717, 1.165) is 18.0 Å². The molecule has 0 aliphatic carbocycles. The summed E-state index contributed by atoms with van der Waals surface area (Å²) in [6.45, 7) is 4.74. The summed E-state index contributed by atoms with van der Waals surface area (Å²) in [6.07, 6.45) is 0.668. The van der Waals surface area contributed by atoms with Crippen molar-refractivity contribution >= 4 is 11.6 Å². The van der Waals surface area contributed by atoms with Crippen LogP contribution in [0.15, 0.2) is 24.3 Å². The Bertz CT molecular complexity index is 435. The van der Waals surface area contributed by atoms with Crippen molar-refractivity contribution in [2.24, 2.45) is 5.73 Å². The predicted molar refractivity (Wildman–Crippen MR) is 82.1 cm³/mol. The van der Waals surface area contributed by atoms with Gasteiger partial charge in [0.25, 0.3) is 0 Å². The summed E-state index contributed by atoms with van der Waals surface area (Å²) in [4.78, 5) is 13.5. The molecule has 0 aromatic heterocycles. The Labute approximate surface area is 121 Å². The van der Waals surface area contributed by atoms with E-state index in [4.69, 9.17) is 10.5 Å². The molecule has 1 aromatic carbocycles. The predicted octanol–water partition coefficient (Wildman–Crippen LogP) is 1.37. The van der Waals surface area contributed by atoms with Crippen LogP contribution >= 0.6 is 0 Å². The number of benzene rings is 1. The van der Waals surface area contributed by atoms with Gasteiger partial charge < -0.3 is 20.7 Å². The fourth-order valence-corrected chi connectivity index (χ4v) is 2.01. The highest BCUT2D eigenvalue weighted by Crippen LogP contribution is 2.20. The van der Waals surface area contributed by atoms with Crippen LogP contribution in [0.5, 0.6) is 5.75 Å². The Morgan fingerprint density at radius 3 is 2.70 bits per heavy atom. The molecule has 20 heavy (non-hydrogen) atoms. The highest BCUT2D eigenvalue weighted by atomic mass is 16.5. The molecule has 0 spiro atoms. The third-order valence-electron chi connectivity index (χ3n) is 3.13. The van der Waals surface area contributed by atoms with Crippen LogP contribution < -0.4 is 20.7 Å². The summed E-state index contributed by atoms with van der Waals surface area (Å²) in [5.41, 5.74) is 6.47. The van der Waals surface area contributed by atoms with E-state index in [1.54, 1.807) is 7.11 Å². The van der Waals surface area contributed by atoms with Gasteiger partial charge in [0, 0.05) is 31.4 Å². The third kappa shape index (κ3) is 5.09. The molecule has 0 bridgehead atoms. The van der Waals surface area contributed by atoms with Crippen molar-refractivity contribution in [3.63, 3.8) is 0 Å². The standard InChI is InChI=1S/C15H25N3O2/c1-11(2)17-14(15(16)19)8-9-18(3)12-6-5-7-13(10-12)20-4/h5-7,10-11,14,17H,8-9H2,1-4H3,(H2,16,19). The van der Waals surface area contributed by atoms with Crippen LogP contribution in [0.25, 0.3) is 0 Å². The van der Waals surface area contributed by atoms with E-state index in [1.807, 2.05) is 45.2 Å². The van der Waals surface area contributed by atoms with Crippen molar-refractivity contribution < 1.29 is 9.53 Å². The van der Waals surface area contributed by atoms with Crippen molar-refractivity contribution in [1.29, 1.82) is 0 Å². The first-order chi connectivity index (χ1) is 9.43. The first-order valence-corrected chi connectivity index (χ1v) is 6.84. The Morgan fingerprint density at radius 2 is 2.15 bits per heavy atom. The number of nitrogens with one attached hydrogen (secondary N) is 1. The Morgan fingerprint density at radius 1 is 1.45 bits per heavy atom. The highest BCUT2D eigenvalue weighted by molar-refractivity contribution is 5.79. The van der Waals surface area contributed by atoms with Crippen LogP contribution in [0, 0.1) is 0 Å². The zero-order valence-corrected chi connectivity index (χ0v) is 12.7. The molecular weight excluding hydrogens is 254 g/mol. The Balaban J connectivity index is 2.60. The molecule has 5 heteroatoms. The molecule has 112 valence electrons. The number of rotatable bonds is 8. The number of primary amides is 1. The first kappa shape index (κ1) is 16.3. The van der Waals surface area contributed by atoms with Crippen molar-refractivity contribution in [1.82, 2.24) is 5.32 Å². The van der Waals surface area contributed by atoms with Crippen molar-refractivity contribution in [2.75, 3.05) is 25.6 Å². The number of methoxy groups -OCH3 is 1. The van der Waals surface area contributed by atoms with Crippen LogP contribution in [0.1, 0.15) is 20.3 Å². The third-order valence-corrected chi connectivity index (χ3v) is 3.13. The van der Waals surface area contributed by atoms with Gasteiger partial charge >= 0.3 is 0 Å². The van der Waals surface area contributed by atoms with E-state index in [0.29, 0.717) is 6.42 Å². The summed E-state index contributed by atoms with van der Waals surface area (Å²) in [6, 6.07) is 7.76. The molecule has 5 nitrogen and oxygen atoms in total. The van der Waals surface area contributed by atoms with E-state index in [2.05, 4.69) is 10.2 Å². The number of carbonyl (C=O) groups is 1. The smallest absolute Gasteiger partial charge is 0.234 e. The van der Waals surface area contributed by atoms with Gasteiger partial charge in [0.05, 0.1) is 13.2 Å². The minimum Gasteiger partial charge on any atom is -0.497 e. The van der Waals surface area contributed by atoms with Gasteiger partial charge in [-0.25, -0.2) is 0 Å². The zero-order chi connectivity index (χ0) is 15.1. The van der Waals surface area contributed by atoms with E-state index in [9.17, 15) is 4.79 Å². The lowest BCUT2D eigenvalue weighted by Crippen LogP contribution is -2.46. The first-order valence-electron chi connectivity index (χ1n) is 6.84. The quantitative estimate of drug-likeness (QED) is 0.754. The molecule has 0 saturated carbocycles. The van der Waals surface area contributed by atoms with Crippen LogP contribution in [0.2, 0.25) is 0 Å². The van der Waals surface area contributed by atoms with Gasteiger partial charge in [0.15, 0.2) is 0 Å². The molecule has 3 N–H and O–H groups in total. The molecule has 1 atom stereocenters. The summed E-state index contributed by atoms with van der Waals surface area (Å²) < 4.78 is 5.21. The molecule has 1 amide bonds. The number of amides is 1. The second-order valence-electron chi connectivity index (χ2n) is 5.19. The number of hydrogen-bond donors (Lipinski definition) is 2. The van der Waals surface area contributed by atoms with Crippen molar-refractivity contribution in [3.05, 3.63) is 24.3 Å². The number of anilines is 1. The lowest BCUT2D eigenvalue weighted by molar-refractivity contribution is -0.120. The molecule has 0 saturated heterocycles. The van der Waals surface area contributed by atoms with Crippen LogP contribution in [-0.2, 0) is 4.79 Å². The minimum atomic E-state index is -0.308. The normalized spacial score (nSPS) is 12.2. The molecule has 0 fully saturated rings. The molecule has 0 radical (unpaired) electrons. The van der Waals surface area contributed by atoms with E-state index < -0.39 is 0 Å². The lowest BCUT2D eigenvalue weighted by atomic mass is 10.1. The van der Waals surface area contributed by atoms with Gasteiger partial charge in [-0.05, 0) is 18.6 Å². The maximum atomic E-state index is 11.4. The van der Waals surface area contributed by atoms with Crippen LogP contribution in [-0.4, -0.2) is 38.7 Å². The minimum absolute atomic E-state index is 0.231. The highest BCUT2D eigenvalue weighted by Gasteiger charge is 2.16. The number of nitrogens with two attached hydrogens (primary N) is 1. The molecular formula is C15H25N3O2. The second kappa shape index (κ2) is 7.75. The van der Waals surface area contributed by atoms with Gasteiger partial charge in [-0.3, -0.25) is 4.79 Å². The SMILES string of the molecule is COc1cccc(N(C)CCC(NC(C)C)C(N)=O)c1. The fraction of sp³-hybridized carbons (Fsp3) is 0.533. The number of hydrogen-bond acceptors (Lipinski definition) is 4. The van der Waals surface area contributed by atoms with E-state index in [-0.39, 0.29) is 18.0 Å². The summed E-state index contributed by atoms with van der Waals surface area (Å²) in [7, 11) is 3.64. The van der Waals surface area contributed by atoms with Crippen LogP contribution in [0.3, 0.4) is 0 Å². The Hall–Kier alpha value is -1.75. The number of carbonyl (C=O) groups excluding carboxylic acids is 1. The van der Waals surface area contributed by atoms with Crippen molar-refractivity contribution in [2.45, 2.75) is 32.4 Å². The molecule has 0 aliphatic heterocycles. The second-order valence-corrected chi connectivity index (χ2v) is 5.19. The average molecular weight is 279 g/mol. The summed E-state index contributed by atoms with van der Waals surface area (Å²) >= 11 is 0. The lowest BCUT2D eigenvalue weighted by Gasteiger charge is -2.24. The summed E-state index contributed by atoms with van der Waals surface area (Å²) in [5.74, 6) is 0.513. The maximum absolute atomic E-state index is 11.4. The van der Waals surface area contributed by atoms with E-state index in [1.165, 1.54) is 0 Å². The average Bonchev–Trinajstić information content (AvgIpc) is 2.42. The Kier molecular flexibility index (Phi) is 6.31. The van der Waals surface area contributed by atoms with Gasteiger partial charge in [0.2, 0.25) is 5.91 Å². The largest absolute Gasteiger partial charge is 0.497 e. The summed E-state index contributed by atoms with van der Waals surface area (Å²) in [5, 5.41) is 3.18. The number of ether oxygens (including phenoxy) is 1. The van der Waals surface area contributed by atoms with E-state index >= 15 is 0 Å². The molecule has 1 unspecified atom stereocenters. The van der Waals surface area contributed by atoms with Crippen molar-refractivity contribution in [3.8, 4) is 5.75 Å². The fourth-order valence-electron chi connectivity index (χ4n) is 2.01. The maximum Gasteiger partial charge on any atom is 0.234 e. The zero-order valence-electron chi connectivity index (χ0n) is 12.7. The molecule has 1 rings (SSSR count). The van der Waals surface area contributed by atoms with Gasteiger partial charge in [-0.1, -0.05) is 19.9 Å². The van der Waals surface area contributed by atoms with Crippen LogP contribution in [0.4, 0.5) is 5.69 Å². The monoisotopic (exact) mass is 279 g/mol. The molecule has 0 heterocycles. The number of nitrogens with zero attached hydrogens (tertiary/aromatic N) is 1. The van der Waals surface area contributed by atoms with Gasteiger partial charge in [-0.2, -0.15) is 0 Å². The molecule has 1 aromatic rings.